The van der Waals surface area contributed by atoms with Crippen LogP contribution in [0.5, 0.6) is 5.75 Å². The van der Waals surface area contributed by atoms with Crippen molar-refractivity contribution in [1.82, 2.24) is 4.90 Å². The van der Waals surface area contributed by atoms with Gasteiger partial charge in [-0.15, -0.1) is 0 Å². The number of nitrogens with zero attached hydrogens (tertiary/aromatic N) is 2. The topological polar surface area (TPSA) is 96.0 Å². The Bertz CT molecular complexity index is 1100. The van der Waals surface area contributed by atoms with E-state index < -0.39 is 27.8 Å². The van der Waals surface area contributed by atoms with Crippen LogP contribution in [0.1, 0.15) is 12.5 Å². The van der Waals surface area contributed by atoms with Gasteiger partial charge in [-0.25, -0.2) is 13.2 Å². The predicted octanol–water partition coefficient (Wildman–Crippen LogP) is 2.30. The molecule has 2 aromatic carbocycles. The molecule has 3 amide bonds. The third-order valence-electron chi connectivity index (χ3n) is 5.77. The quantitative estimate of drug-likeness (QED) is 0.691. The third-order valence-corrected chi connectivity index (χ3v) is 7.47. The van der Waals surface area contributed by atoms with Crippen molar-refractivity contribution in [2.45, 2.75) is 25.4 Å². The van der Waals surface area contributed by atoms with Crippen molar-refractivity contribution in [3.63, 3.8) is 0 Å². The highest BCUT2D eigenvalue weighted by atomic mass is 32.2. The van der Waals surface area contributed by atoms with Gasteiger partial charge in [0.15, 0.2) is 9.84 Å². The average molecular weight is 444 g/mol. The van der Waals surface area contributed by atoms with Gasteiger partial charge in [-0.1, -0.05) is 25.1 Å². The van der Waals surface area contributed by atoms with E-state index in [-0.39, 0.29) is 24.1 Å². The van der Waals surface area contributed by atoms with Gasteiger partial charge in [-0.05, 0) is 36.2 Å². The number of fused-ring (bicyclic) bond motifs is 1. The molecule has 4 rings (SSSR count). The molecule has 8 nitrogen and oxygen atoms in total. The molecule has 2 fully saturated rings. The number of carbonyl (C=O) groups excluding carboxylic acids is 2. The minimum atomic E-state index is -3.30. The smallest absolute Gasteiger partial charge is 0.325 e. The molecule has 0 saturated carbocycles. The number of hydrogen-bond donors (Lipinski definition) is 1. The zero-order chi connectivity index (χ0) is 22.2. The first-order valence-corrected chi connectivity index (χ1v) is 12.0. The molecule has 0 bridgehead atoms. The molecule has 164 valence electrons. The van der Waals surface area contributed by atoms with E-state index in [0.29, 0.717) is 17.1 Å². The second kappa shape index (κ2) is 8.22. The van der Waals surface area contributed by atoms with Gasteiger partial charge in [0.2, 0.25) is 5.91 Å². The number of sulfone groups is 1. The highest BCUT2D eigenvalue weighted by molar-refractivity contribution is 7.91. The summed E-state index contributed by atoms with van der Waals surface area (Å²) in [5.74, 6) is -0.0432. The van der Waals surface area contributed by atoms with Gasteiger partial charge in [0.25, 0.3) is 0 Å². The van der Waals surface area contributed by atoms with Crippen LogP contribution in [0.2, 0.25) is 0 Å². The molecular weight excluding hydrogens is 418 g/mol. The second-order valence-corrected chi connectivity index (χ2v) is 9.95. The summed E-state index contributed by atoms with van der Waals surface area (Å²) in [6.07, 6.45) is 0.866. The fourth-order valence-electron chi connectivity index (χ4n) is 4.21. The molecule has 2 heterocycles. The lowest BCUT2D eigenvalue weighted by atomic mass is 10.1. The minimum absolute atomic E-state index is 0.104. The number of amides is 3. The fourth-order valence-corrected chi connectivity index (χ4v) is 6.16. The normalized spacial score (nSPS) is 21.8. The number of rotatable bonds is 6. The van der Waals surface area contributed by atoms with Gasteiger partial charge in [0, 0.05) is 17.4 Å². The predicted molar refractivity (Wildman–Crippen MR) is 118 cm³/mol. The first-order valence-electron chi connectivity index (χ1n) is 10.1. The number of methoxy groups -OCH3 is 1. The van der Waals surface area contributed by atoms with E-state index in [4.69, 9.17) is 4.74 Å². The average Bonchev–Trinajstić information content (AvgIpc) is 3.18. The van der Waals surface area contributed by atoms with E-state index in [2.05, 4.69) is 5.32 Å². The van der Waals surface area contributed by atoms with Crippen LogP contribution in [0.4, 0.5) is 16.2 Å². The lowest BCUT2D eigenvalue weighted by Crippen LogP contribution is -2.42. The first kappa shape index (κ1) is 21.2. The third kappa shape index (κ3) is 4.23. The highest BCUT2D eigenvalue weighted by Gasteiger charge is 2.54. The summed E-state index contributed by atoms with van der Waals surface area (Å²) in [4.78, 5) is 28.8. The highest BCUT2D eigenvalue weighted by Crippen LogP contribution is 2.35. The van der Waals surface area contributed by atoms with Crippen molar-refractivity contribution in [1.29, 1.82) is 0 Å². The number of carbonyl (C=O) groups is 2. The summed E-state index contributed by atoms with van der Waals surface area (Å²) < 4.78 is 29.8. The minimum Gasteiger partial charge on any atom is -0.497 e. The van der Waals surface area contributed by atoms with Crippen molar-refractivity contribution in [2.75, 3.05) is 35.4 Å². The molecule has 0 aromatic heterocycles. The van der Waals surface area contributed by atoms with Crippen LogP contribution in [0.25, 0.3) is 0 Å². The Morgan fingerprint density at radius 1 is 1.13 bits per heavy atom. The van der Waals surface area contributed by atoms with Crippen LogP contribution in [-0.2, 0) is 21.1 Å². The van der Waals surface area contributed by atoms with Crippen LogP contribution in [0.3, 0.4) is 0 Å². The van der Waals surface area contributed by atoms with Crippen LogP contribution >= 0.6 is 0 Å². The van der Waals surface area contributed by atoms with Crippen molar-refractivity contribution >= 4 is 33.2 Å². The number of ether oxygens (including phenoxy) is 1. The Labute approximate surface area is 181 Å². The molecule has 31 heavy (non-hydrogen) atoms. The Morgan fingerprint density at radius 2 is 1.84 bits per heavy atom. The fraction of sp³-hybridized carbons (Fsp3) is 0.364. The summed E-state index contributed by atoms with van der Waals surface area (Å²) in [6.45, 7) is 1.81. The summed E-state index contributed by atoms with van der Waals surface area (Å²) in [6, 6.07) is 13.0. The first-order chi connectivity index (χ1) is 14.8. The Morgan fingerprint density at radius 3 is 2.52 bits per heavy atom. The van der Waals surface area contributed by atoms with Crippen molar-refractivity contribution in [3.05, 3.63) is 54.1 Å². The molecule has 0 aliphatic carbocycles. The van der Waals surface area contributed by atoms with Crippen molar-refractivity contribution < 1.29 is 22.7 Å². The molecule has 0 spiro atoms. The van der Waals surface area contributed by atoms with Crippen molar-refractivity contribution in [2.24, 2.45) is 0 Å². The molecule has 2 aliphatic heterocycles. The number of hydrogen-bond acceptors (Lipinski definition) is 5. The van der Waals surface area contributed by atoms with Gasteiger partial charge in [-0.3, -0.25) is 9.69 Å². The standard InChI is InChI=1S/C22H25N3O5S/c1-3-15-7-9-17(10-8-15)25-20-14-31(28,29)13-19(20)24(22(25)27)12-21(26)23-16-5-4-6-18(11-16)30-2/h4-11,19-20H,3,12-14H2,1-2H3,(H,23,26). The summed E-state index contributed by atoms with van der Waals surface area (Å²) in [5, 5.41) is 2.75. The Hall–Kier alpha value is -3.07. The van der Waals surface area contributed by atoms with Crippen LogP contribution in [0.15, 0.2) is 48.5 Å². The zero-order valence-electron chi connectivity index (χ0n) is 17.4. The van der Waals surface area contributed by atoms with Gasteiger partial charge < -0.3 is 15.0 Å². The molecule has 2 atom stereocenters. The van der Waals surface area contributed by atoms with E-state index in [0.717, 1.165) is 12.0 Å². The van der Waals surface area contributed by atoms with Gasteiger partial charge in [0.05, 0.1) is 30.7 Å². The van der Waals surface area contributed by atoms with E-state index in [9.17, 15) is 18.0 Å². The maximum Gasteiger partial charge on any atom is 0.325 e. The summed E-state index contributed by atoms with van der Waals surface area (Å²) in [7, 11) is -1.77. The van der Waals surface area contributed by atoms with Crippen LogP contribution in [0, 0.1) is 0 Å². The summed E-state index contributed by atoms with van der Waals surface area (Å²) in [5.41, 5.74) is 2.31. The van der Waals surface area contributed by atoms with E-state index >= 15 is 0 Å². The molecule has 2 aliphatic rings. The van der Waals surface area contributed by atoms with Crippen molar-refractivity contribution in [3.8, 4) is 5.75 Å². The van der Waals surface area contributed by atoms with E-state index in [1.807, 2.05) is 31.2 Å². The number of anilines is 2. The molecular formula is C22H25N3O5S. The number of aryl methyl sites for hydroxylation is 1. The Kier molecular flexibility index (Phi) is 5.62. The van der Waals surface area contributed by atoms with Gasteiger partial charge in [-0.2, -0.15) is 0 Å². The van der Waals surface area contributed by atoms with E-state index in [1.54, 1.807) is 24.3 Å². The molecule has 1 N–H and O–H groups in total. The summed E-state index contributed by atoms with van der Waals surface area (Å²) >= 11 is 0. The van der Waals surface area contributed by atoms with Crippen LogP contribution < -0.4 is 15.0 Å². The van der Waals surface area contributed by atoms with E-state index in [1.165, 1.54) is 16.9 Å². The second-order valence-electron chi connectivity index (χ2n) is 7.79. The molecule has 2 unspecified atom stereocenters. The maximum absolute atomic E-state index is 13.2. The largest absolute Gasteiger partial charge is 0.497 e. The number of nitrogens with one attached hydrogen (secondary N) is 1. The monoisotopic (exact) mass is 443 g/mol. The lowest BCUT2D eigenvalue weighted by molar-refractivity contribution is -0.116. The molecule has 2 aromatic rings. The molecule has 2 saturated heterocycles. The lowest BCUT2D eigenvalue weighted by Gasteiger charge is -2.22. The SMILES string of the molecule is CCc1ccc(N2C(=O)N(CC(=O)Nc3cccc(OC)c3)C3CS(=O)(=O)CC32)cc1. The van der Waals surface area contributed by atoms with Gasteiger partial charge in [0.1, 0.15) is 12.3 Å². The Balaban J connectivity index is 1.56. The van der Waals surface area contributed by atoms with Crippen LogP contribution in [-0.4, -0.2) is 62.5 Å². The molecule has 0 radical (unpaired) electrons. The zero-order valence-corrected chi connectivity index (χ0v) is 18.3. The number of urea groups is 1. The van der Waals surface area contributed by atoms with Gasteiger partial charge >= 0.3 is 6.03 Å². The molecule has 9 heteroatoms. The number of benzene rings is 2. The maximum atomic E-state index is 13.2.